The molecule has 0 aliphatic carbocycles. The Morgan fingerprint density at radius 3 is 3.06 bits per heavy atom. The highest BCUT2D eigenvalue weighted by Crippen LogP contribution is 2.20. The van der Waals surface area contributed by atoms with Crippen molar-refractivity contribution in [3.05, 3.63) is 35.6 Å². The highest BCUT2D eigenvalue weighted by atomic mass is 19.1. The number of benzene rings is 1. The van der Waals surface area contributed by atoms with E-state index in [1.54, 1.807) is 12.1 Å². The molecular formula is C14H22FN3. The van der Waals surface area contributed by atoms with Gasteiger partial charge in [0.15, 0.2) is 0 Å². The van der Waals surface area contributed by atoms with Gasteiger partial charge < -0.3 is 15.5 Å². The van der Waals surface area contributed by atoms with E-state index < -0.39 is 0 Å². The second kappa shape index (κ2) is 6.27. The van der Waals surface area contributed by atoms with E-state index in [4.69, 9.17) is 0 Å². The van der Waals surface area contributed by atoms with E-state index in [-0.39, 0.29) is 11.9 Å². The van der Waals surface area contributed by atoms with Gasteiger partial charge in [-0.2, -0.15) is 0 Å². The summed E-state index contributed by atoms with van der Waals surface area (Å²) in [4.78, 5) is 2.33. The van der Waals surface area contributed by atoms with Crippen molar-refractivity contribution in [2.45, 2.75) is 18.5 Å². The monoisotopic (exact) mass is 251 g/mol. The lowest BCUT2D eigenvalue weighted by Crippen LogP contribution is -2.50. The number of likely N-dealkylation sites (N-methyl/N-ethyl adjacent to an activating group) is 1. The van der Waals surface area contributed by atoms with Gasteiger partial charge >= 0.3 is 0 Å². The Morgan fingerprint density at radius 1 is 1.56 bits per heavy atom. The maximum atomic E-state index is 13.3. The van der Waals surface area contributed by atoms with Crippen molar-refractivity contribution < 1.29 is 4.39 Å². The molecule has 0 spiro atoms. The van der Waals surface area contributed by atoms with E-state index in [2.05, 4.69) is 22.6 Å². The Balaban J connectivity index is 2.00. The molecule has 0 amide bonds. The average Bonchev–Trinajstić information content (AvgIpc) is 2.36. The first-order valence-electron chi connectivity index (χ1n) is 6.53. The van der Waals surface area contributed by atoms with Crippen LogP contribution in [0.1, 0.15) is 18.0 Å². The van der Waals surface area contributed by atoms with E-state index in [1.165, 1.54) is 6.07 Å². The lowest BCUT2D eigenvalue weighted by molar-refractivity contribution is 0.222. The SMILES string of the molecule is CNC(CC1CN(C)CCN1)c1cccc(F)c1. The Bertz CT molecular complexity index is 383. The van der Waals surface area contributed by atoms with Gasteiger partial charge in [0.1, 0.15) is 5.82 Å². The zero-order valence-corrected chi connectivity index (χ0v) is 11.1. The molecule has 1 aromatic rings. The summed E-state index contributed by atoms with van der Waals surface area (Å²) in [6, 6.07) is 7.53. The molecule has 1 heterocycles. The summed E-state index contributed by atoms with van der Waals surface area (Å²) in [6.45, 7) is 3.18. The molecule has 0 saturated carbocycles. The lowest BCUT2D eigenvalue weighted by atomic mass is 9.98. The quantitative estimate of drug-likeness (QED) is 0.846. The number of hydrogen-bond donors (Lipinski definition) is 2. The first-order chi connectivity index (χ1) is 8.69. The summed E-state index contributed by atoms with van der Waals surface area (Å²) in [5.41, 5.74) is 1.02. The number of nitrogens with one attached hydrogen (secondary N) is 2. The molecule has 2 N–H and O–H groups in total. The Kier molecular flexibility index (Phi) is 4.69. The zero-order chi connectivity index (χ0) is 13.0. The smallest absolute Gasteiger partial charge is 0.123 e. The minimum absolute atomic E-state index is 0.165. The van der Waals surface area contributed by atoms with Crippen molar-refractivity contribution in [1.82, 2.24) is 15.5 Å². The summed E-state index contributed by atoms with van der Waals surface area (Å²) in [5, 5.41) is 6.81. The first-order valence-corrected chi connectivity index (χ1v) is 6.53. The molecule has 1 aliphatic heterocycles. The van der Waals surface area contributed by atoms with Gasteiger partial charge in [-0.25, -0.2) is 4.39 Å². The van der Waals surface area contributed by atoms with Gasteiger partial charge in [0.2, 0.25) is 0 Å². The minimum atomic E-state index is -0.165. The van der Waals surface area contributed by atoms with Crippen molar-refractivity contribution in [1.29, 1.82) is 0 Å². The lowest BCUT2D eigenvalue weighted by Gasteiger charge is -2.33. The van der Waals surface area contributed by atoms with Crippen molar-refractivity contribution in [2.75, 3.05) is 33.7 Å². The third-order valence-corrected chi connectivity index (χ3v) is 3.58. The van der Waals surface area contributed by atoms with E-state index in [9.17, 15) is 4.39 Å². The fourth-order valence-corrected chi connectivity index (χ4v) is 2.58. The molecule has 18 heavy (non-hydrogen) atoms. The highest BCUT2D eigenvalue weighted by Gasteiger charge is 2.21. The van der Waals surface area contributed by atoms with Crippen LogP contribution in [0.4, 0.5) is 4.39 Å². The van der Waals surface area contributed by atoms with Gasteiger partial charge in [-0.1, -0.05) is 12.1 Å². The Morgan fingerprint density at radius 2 is 2.39 bits per heavy atom. The second-order valence-corrected chi connectivity index (χ2v) is 5.05. The van der Waals surface area contributed by atoms with Crippen molar-refractivity contribution >= 4 is 0 Å². The van der Waals surface area contributed by atoms with Gasteiger partial charge in [0.25, 0.3) is 0 Å². The first kappa shape index (κ1) is 13.5. The minimum Gasteiger partial charge on any atom is -0.313 e. The molecule has 100 valence electrons. The van der Waals surface area contributed by atoms with Crippen LogP contribution in [-0.2, 0) is 0 Å². The summed E-state index contributed by atoms with van der Waals surface area (Å²) in [7, 11) is 4.08. The van der Waals surface area contributed by atoms with Crippen molar-refractivity contribution in [3.8, 4) is 0 Å². The number of halogens is 1. The molecule has 3 nitrogen and oxygen atoms in total. The average molecular weight is 251 g/mol. The van der Waals surface area contributed by atoms with Crippen LogP contribution < -0.4 is 10.6 Å². The molecule has 0 aromatic heterocycles. The molecule has 0 bridgehead atoms. The number of piperazine rings is 1. The standard InChI is InChI=1S/C14H22FN3/c1-16-14(11-4-3-5-12(15)8-11)9-13-10-18(2)7-6-17-13/h3-5,8,13-14,16-17H,6-7,9-10H2,1-2H3. The molecule has 1 aromatic carbocycles. The summed E-state index contributed by atoms with van der Waals surface area (Å²) in [5.74, 6) is -0.165. The summed E-state index contributed by atoms with van der Waals surface area (Å²) < 4.78 is 13.3. The third-order valence-electron chi connectivity index (χ3n) is 3.58. The molecule has 2 unspecified atom stereocenters. The van der Waals surface area contributed by atoms with Crippen LogP contribution in [0.25, 0.3) is 0 Å². The van der Waals surface area contributed by atoms with Crippen LogP contribution in [0.3, 0.4) is 0 Å². The van der Waals surface area contributed by atoms with Gasteiger partial charge in [-0.3, -0.25) is 0 Å². The van der Waals surface area contributed by atoms with E-state index in [1.807, 2.05) is 13.1 Å². The number of nitrogens with zero attached hydrogens (tertiary/aromatic N) is 1. The number of rotatable bonds is 4. The summed E-state index contributed by atoms with van der Waals surface area (Å²) in [6.07, 6.45) is 0.976. The fourth-order valence-electron chi connectivity index (χ4n) is 2.58. The Hall–Kier alpha value is -0.970. The van der Waals surface area contributed by atoms with Crippen LogP contribution in [0.5, 0.6) is 0 Å². The molecule has 1 aliphatic rings. The van der Waals surface area contributed by atoms with Gasteiger partial charge in [0, 0.05) is 31.7 Å². The maximum absolute atomic E-state index is 13.3. The highest BCUT2D eigenvalue weighted by molar-refractivity contribution is 5.20. The van der Waals surface area contributed by atoms with Crippen LogP contribution in [0, 0.1) is 5.82 Å². The normalized spacial score (nSPS) is 22.9. The largest absolute Gasteiger partial charge is 0.313 e. The second-order valence-electron chi connectivity index (χ2n) is 5.05. The molecule has 2 atom stereocenters. The third kappa shape index (κ3) is 3.51. The van der Waals surface area contributed by atoms with E-state index in [0.29, 0.717) is 6.04 Å². The summed E-state index contributed by atoms with van der Waals surface area (Å²) >= 11 is 0. The molecule has 0 radical (unpaired) electrons. The maximum Gasteiger partial charge on any atom is 0.123 e. The molecule has 1 saturated heterocycles. The molecule has 4 heteroatoms. The van der Waals surface area contributed by atoms with E-state index >= 15 is 0 Å². The predicted octanol–water partition coefficient (Wildman–Crippen LogP) is 1.38. The van der Waals surface area contributed by atoms with Crippen molar-refractivity contribution in [3.63, 3.8) is 0 Å². The number of hydrogen-bond acceptors (Lipinski definition) is 3. The van der Waals surface area contributed by atoms with Crippen molar-refractivity contribution in [2.24, 2.45) is 0 Å². The van der Waals surface area contributed by atoms with Crippen LogP contribution in [0.2, 0.25) is 0 Å². The molecular weight excluding hydrogens is 229 g/mol. The van der Waals surface area contributed by atoms with E-state index in [0.717, 1.165) is 31.6 Å². The van der Waals surface area contributed by atoms with Crippen LogP contribution in [0.15, 0.2) is 24.3 Å². The van der Waals surface area contributed by atoms with Gasteiger partial charge in [-0.15, -0.1) is 0 Å². The zero-order valence-electron chi connectivity index (χ0n) is 11.1. The predicted molar refractivity (Wildman–Crippen MR) is 72.1 cm³/mol. The van der Waals surface area contributed by atoms with Gasteiger partial charge in [0.05, 0.1) is 0 Å². The van der Waals surface area contributed by atoms with Crippen LogP contribution >= 0.6 is 0 Å². The topological polar surface area (TPSA) is 27.3 Å². The molecule has 2 rings (SSSR count). The van der Waals surface area contributed by atoms with Crippen LogP contribution in [-0.4, -0.2) is 44.7 Å². The Labute approximate surface area is 108 Å². The molecule has 1 fully saturated rings. The van der Waals surface area contributed by atoms with Gasteiger partial charge in [-0.05, 0) is 38.2 Å². The fraction of sp³-hybridized carbons (Fsp3) is 0.571.